The molecule has 0 aliphatic rings. The fraction of sp³-hybridized carbons (Fsp3) is 0.478. The highest BCUT2D eigenvalue weighted by Gasteiger charge is 2.14. The lowest BCUT2D eigenvalue weighted by molar-refractivity contribution is 0.0668. The molecular weight excluding hydrogens is 396 g/mol. The predicted octanol–water partition coefficient (Wildman–Crippen LogP) is 2.94. The molecular formula is C23H32N4O4. The summed E-state index contributed by atoms with van der Waals surface area (Å²) in [6.45, 7) is 6.46. The molecule has 0 aliphatic heterocycles. The van der Waals surface area contributed by atoms with E-state index >= 15 is 0 Å². The number of benzene rings is 2. The van der Waals surface area contributed by atoms with Gasteiger partial charge in [0.25, 0.3) is 0 Å². The maximum Gasteiger partial charge on any atom is 0.161 e. The number of ether oxygens (including phenoxy) is 2. The number of fused-ring (bicyclic) bond motifs is 1. The number of aliphatic hydroxyl groups excluding tert-OH is 1. The minimum Gasteiger partial charge on any atom is -0.493 e. The number of aliphatic hydroxyl groups is 1. The summed E-state index contributed by atoms with van der Waals surface area (Å²) < 4.78 is 16.1. The topological polar surface area (TPSA) is 84.1 Å². The summed E-state index contributed by atoms with van der Waals surface area (Å²) >= 11 is 0. The average Bonchev–Trinajstić information content (AvgIpc) is 3.20. The summed E-state index contributed by atoms with van der Waals surface area (Å²) in [5, 5.41) is 18.0. The molecule has 0 saturated carbocycles. The van der Waals surface area contributed by atoms with Crippen molar-refractivity contribution < 1.29 is 19.2 Å². The number of rotatable bonds is 11. The van der Waals surface area contributed by atoms with Crippen LogP contribution in [0, 0.1) is 0 Å². The van der Waals surface area contributed by atoms with E-state index in [1.165, 1.54) is 0 Å². The van der Waals surface area contributed by atoms with Gasteiger partial charge in [-0.05, 0) is 73.6 Å². The first-order valence-corrected chi connectivity index (χ1v) is 10.4. The molecule has 1 N–H and O–H groups in total. The highest BCUT2D eigenvalue weighted by atomic mass is 16.6. The van der Waals surface area contributed by atoms with E-state index in [1.54, 1.807) is 7.11 Å². The Bertz CT molecular complexity index is 975. The summed E-state index contributed by atoms with van der Waals surface area (Å²) in [7, 11) is 5.67. The second-order valence-corrected chi connectivity index (χ2v) is 8.24. The standard InChI is InChI=1S/C23H32N4O4/c1-16(2)27(4)14-19(28)15-30-22-9-7-18(11-23(22)29-5)13-26(3)12-17-6-8-20-21(10-17)25-31-24-20/h6-11,16,19,28H,12-15H2,1-5H3/t19-/m0/s1. The van der Waals surface area contributed by atoms with E-state index in [0.717, 1.165) is 35.2 Å². The Kier molecular flexibility index (Phi) is 7.84. The van der Waals surface area contributed by atoms with E-state index in [4.69, 9.17) is 14.1 Å². The first kappa shape index (κ1) is 23.0. The zero-order valence-corrected chi connectivity index (χ0v) is 18.9. The van der Waals surface area contributed by atoms with Crippen LogP contribution in [0.25, 0.3) is 11.0 Å². The third-order valence-electron chi connectivity index (χ3n) is 5.26. The summed E-state index contributed by atoms with van der Waals surface area (Å²) in [5.41, 5.74) is 3.76. The van der Waals surface area contributed by atoms with Crippen molar-refractivity contribution in [3.63, 3.8) is 0 Å². The highest BCUT2D eigenvalue weighted by molar-refractivity contribution is 5.73. The van der Waals surface area contributed by atoms with Crippen molar-refractivity contribution in [2.24, 2.45) is 0 Å². The first-order valence-electron chi connectivity index (χ1n) is 10.4. The molecule has 0 radical (unpaired) electrons. The van der Waals surface area contributed by atoms with Crippen LogP contribution in [-0.2, 0) is 13.1 Å². The van der Waals surface area contributed by atoms with Crippen LogP contribution >= 0.6 is 0 Å². The molecule has 1 heterocycles. The van der Waals surface area contributed by atoms with Gasteiger partial charge in [0.1, 0.15) is 23.7 Å². The number of methoxy groups -OCH3 is 1. The highest BCUT2D eigenvalue weighted by Crippen LogP contribution is 2.29. The lowest BCUT2D eigenvalue weighted by Gasteiger charge is -2.24. The van der Waals surface area contributed by atoms with Crippen molar-refractivity contribution in [3.05, 3.63) is 47.5 Å². The molecule has 8 nitrogen and oxygen atoms in total. The van der Waals surface area contributed by atoms with Gasteiger partial charge in [0.2, 0.25) is 0 Å². The van der Waals surface area contributed by atoms with E-state index < -0.39 is 6.10 Å². The van der Waals surface area contributed by atoms with Crippen LogP contribution in [0.1, 0.15) is 25.0 Å². The van der Waals surface area contributed by atoms with Crippen LogP contribution < -0.4 is 9.47 Å². The molecule has 0 saturated heterocycles. The Labute approximate surface area is 183 Å². The maximum absolute atomic E-state index is 10.2. The zero-order valence-electron chi connectivity index (χ0n) is 18.9. The molecule has 1 atom stereocenters. The molecule has 0 aliphatic carbocycles. The van der Waals surface area contributed by atoms with Crippen molar-refractivity contribution in [1.29, 1.82) is 0 Å². The summed E-state index contributed by atoms with van der Waals surface area (Å²) in [6, 6.07) is 12.2. The molecule has 0 fully saturated rings. The normalized spacial score (nSPS) is 12.8. The fourth-order valence-corrected chi connectivity index (χ4v) is 3.32. The molecule has 0 bridgehead atoms. The van der Waals surface area contributed by atoms with Gasteiger partial charge in [0.15, 0.2) is 11.5 Å². The summed E-state index contributed by atoms with van der Waals surface area (Å²) in [4.78, 5) is 4.29. The van der Waals surface area contributed by atoms with Gasteiger partial charge < -0.3 is 19.5 Å². The maximum atomic E-state index is 10.2. The summed E-state index contributed by atoms with van der Waals surface area (Å²) in [5.74, 6) is 1.29. The van der Waals surface area contributed by atoms with E-state index in [-0.39, 0.29) is 6.61 Å². The molecule has 0 unspecified atom stereocenters. The van der Waals surface area contributed by atoms with Gasteiger partial charge in [0.05, 0.1) is 7.11 Å². The van der Waals surface area contributed by atoms with E-state index in [2.05, 4.69) is 41.0 Å². The van der Waals surface area contributed by atoms with Gasteiger partial charge in [0, 0.05) is 25.7 Å². The minimum atomic E-state index is -0.569. The van der Waals surface area contributed by atoms with Crippen molar-refractivity contribution in [2.75, 3.05) is 34.4 Å². The second-order valence-electron chi connectivity index (χ2n) is 8.24. The number of likely N-dealkylation sites (N-methyl/N-ethyl adjacent to an activating group) is 1. The van der Waals surface area contributed by atoms with Gasteiger partial charge in [-0.15, -0.1) is 0 Å². The van der Waals surface area contributed by atoms with Crippen molar-refractivity contribution in [1.82, 2.24) is 20.1 Å². The number of hydrogen-bond acceptors (Lipinski definition) is 8. The van der Waals surface area contributed by atoms with Gasteiger partial charge in [-0.25, -0.2) is 4.63 Å². The van der Waals surface area contributed by atoms with E-state index in [0.29, 0.717) is 24.1 Å². The fourth-order valence-electron chi connectivity index (χ4n) is 3.32. The molecule has 31 heavy (non-hydrogen) atoms. The van der Waals surface area contributed by atoms with Gasteiger partial charge in [-0.2, -0.15) is 0 Å². The second kappa shape index (κ2) is 10.6. The van der Waals surface area contributed by atoms with Gasteiger partial charge in [-0.3, -0.25) is 4.90 Å². The van der Waals surface area contributed by atoms with Crippen LogP contribution in [0.15, 0.2) is 41.0 Å². The monoisotopic (exact) mass is 428 g/mol. The van der Waals surface area contributed by atoms with Crippen LogP contribution in [-0.4, -0.2) is 71.7 Å². The lowest BCUT2D eigenvalue weighted by Crippen LogP contribution is -2.36. The van der Waals surface area contributed by atoms with Crippen LogP contribution in [0.2, 0.25) is 0 Å². The SMILES string of the molecule is COc1cc(CN(C)Cc2ccc3nonc3c2)ccc1OC[C@@H](O)CN(C)C(C)C. The van der Waals surface area contributed by atoms with Gasteiger partial charge in [-0.1, -0.05) is 12.1 Å². The van der Waals surface area contributed by atoms with E-state index in [9.17, 15) is 5.11 Å². The molecule has 2 aromatic carbocycles. The summed E-state index contributed by atoms with van der Waals surface area (Å²) in [6.07, 6.45) is -0.569. The third kappa shape index (κ3) is 6.40. The average molecular weight is 429 g/mol. The van der Waals surface area contributed by atoms with Crippen LogP contribution in [0.3, 0.4) is 0 Å². The van der Waals surface area contributed by atoms with Crippen molar-refractivity contribution >= 4 is 11.0 Å². The zero-order chi connectivity index (χ0) is 22.4. The smallest absolute Gasteiger partial charge is 0.161 e. The lowest BCUT2D eigenvalue weighted by atomic mass is 10.1. The minimum absolute atomic E-state index is 0.214. The molecule has 0 spiro atoms. The Morgan fingerprint density at radius 1 is 0.968 bits per heavy atom. The molecule has 3 aromatic rings. The first-order chi connectivity index (χ1) is 14.9. The van der Waals surface area contributed by atoms with Crippen molar-refractivity contribution in [2.45, 2.75) is 39.1 Å². The predicted molar refractivity (Wildman–Crippen MR) is 119 cm³/mol. The largest absolute Gasteiger partial charge is 0.493 e. The molecule has 1 aromatic heterocycles. The van der Waals surface area contributed by atoms with Crippen molar-refractivity contribution in [3.8, 4) is 11.5 Å². The van der Waals surface area contributed by atoms with E-state index in [1.807, 2.05) is 43.4 Å². The Balaban J connectivity index is 1.57. The Hall–Kier alpha value is -2.68. The molecule has 3 rings (SSSR count). The molecule has 0 amide bonds. The third-order valence-corrected chi connectivity index (χ3v) is 5.26. The number of aromatic nitrogens is 2. The quantitative estimate of drug-likeness (QED) is 0.499. The number of hydrogen-bond donors (Lipinski definition) is 1. The van der Waals surface area contributed by atoms with Gasteiger partial charge >= 0.3 is 0 Å². The molecule has 8 heteroatoms. The molecule has 168 valence electrons. The van der Waals surface area contributed by atoms with Crippen LogP contribution in [0.5, 0.6) is 11.5 Å². The Morgan fingerprint density at radius 2 is 1.65 bits per heavy atom. The Morgan fingerprint density at radius 3 is 2.35 bits per heavy atom. The van der Waals surface area contributed by atoms with Crippen LogP contribution in [0.4, 0.5) is 0 Å². The number of nitrogens with zero attached hydrogens (tertiary/aromatic N) is 4.